The minimum Gasteiger partial charge on any atom is -0.448 e. The van der Waals surface area contributed by atoms with Crippen molar-refractivity contribution >= 4 is 6.09 Å². The van der Waals surface area contributed by atoms with E-state index in [0.29, 0.717) is 26.4 Å². The van der Waals surface area contributed by atoms with Crippen molar-refractivity contribution in [1.82, 2.24) is 10.2 Å². The van der Waals surface area contributed by atoms with Crippen LogP contribution in [0.3, 0.4) is 0 Å². The second-order valence-electron chi connectivity index (χ2n) is 14.8. The molecule has 1 N–H and O–H groups in total. The van der Waals surface area contributed by atoms with Gasteiger partial charge in [0.25, 0.3) is 0 Å². The Kier molecular flexibility index (Phi) is 40.9. The zero-order valence-electron chi connectivity index (χ0n) is 34.0. The third-order valence-corrected chi connectivity index (χ3v) is 9.33. The fraction of sp³-hybridized carbons (Fsp3) is 0.886. The lowest BCUT2D eigenvalue weighted by Gasteiger charge is -2.19. The number of carbonyl (C=O) groups is 1. The Morgan fingerprint density at radius 1 is 0.500 bits per heavy atom. The smallest absolute Gasteiger partial charge is 0.407 e. The van der Waals surface area contributed by atoms with Crippen molar-refractivity contribution in [3.05, 3.63) is 24.3 Å². The van der Waals surface area contributed by atoms with E-state index in [2.05, 4.69) is 43.5 Å². The lowest BCUT2D eigenvalue weighted by molar-refractivity contribution is 0.0487. The number of amides is 1. The predicted octanol–water partition coefficient (Wildman–Crippen LogP) is 12.8. The van der Waals surface area contributed by atoms with Crippen LogP contribution in [-0.4, -0.2) is 70.7 Å². The molecule has 0 aromatic carbocycles. The molecule has 0 radical (unpaired) electrons. The van der Waals surface area contributed by atoms with Crippen LogP contribution in [0.2, 0.25) is 0 Å². The Hall–Kier alpha value is -1.37. The summed E-state index contributed by atoms with van der Waals surface area (Å²) in [5, 5.41) is 2.96. The number of allylic oxidation sites excluding steroid dienone is 4. The van der Waals surface area contributed by atoms with E-state index in [-0.39, 0.29) is 6.04 Å². The van der Waals surface area contributed by atoms with Gasteiger partial charge in [0, 0.05) is 19.8 Å². The summed E-state index contributed by atoms with van der Waals surface area (Å²) in [7, 11) is 3.94. The normalized spacial score (nSPS) is 12.5. The van der Waals surface area contributed by atoms with Crippen molar-refractivity contribution in [2.75, 3.05) is 53.7 Å². The van der Waals surface area contributed by atoms with Gasteiger partial charge >= 0.3 is 6.09 Å². The molecule has 0 heterocycles. The minimum absolute atomic E-state index is 0.190. The Labute approximate surface area is 312 Å². The SMILES string of the molecule is CCCCCCCCC=CCCCCCCCCOCC(COCCCCCCCCC=CCCCCCCCC)NC(=O)OCCN(C)C. The van der Waals surface area contributed by atoms with Gasteiger partial charge in [0.05, 0.1) is 19.3 Å². The summed E-state index contributed by atoms with van der Waals surface area (Å²) in [6.07, 6.45) is 45.6. The van der Waals surface area contributed by atoms with Gasteiger partial charge in [-0.2, -0.15) is 0 Å². The highest BCUT2D eigenvalue weighted by Crippen LogP contribution is 2.12. The molecular formula is C44H86N2O4. The average molecular weight is 707 g/mol. The zero-order chi connectivity index (χ0) is 36.4. The Balaban J connectivity index is 3.89. The van der Waals surface area contributed by atoms with Crippen LogP contribution in [0.5, 0.6) is 0 Å². The van der Waals surface area contributed by atoms with Crippen LogP contribution in [0.4, 0.5) is 4.79 Å². The van der Waals surface area contributed by atoms with E-state index in [1.807, 2.05) is 19.0 Å². The molecular weight excluding hydrogens is 620 g/mol. The van der Waals surface area contributed by atoms with E-state index in [1.54, 1.807) is 0 Å². The molecule has 0 aliphatic carbocycles. The highest BCUT2D eigenvalue weighted by molar-refractivity contribution is 5.67. The van der Waals surface area contributed by atoms with Crippen molar-refractivity contribution in [1.29, 1.82) is 0 Å². The third kappa shape index (κ3) is 41.1. The van der Waals surface area contributed by atoms with Crippen LogP contribution < -0.4 is 5.32 Å². The summed E-state index contributed by atoms with van der Waals surface area (Å²) in [5.41, 5.74) is 0. The molecule has 0 unspecified atom stereocenters. The van der Waals surface area contributed by atoms with Gasteiger partial charge in [0.15, 0.2) is 0 Å². The Bertz CT molecular complexity index is 681. The van der Waals surface area contributed by atoms with Crippen LogP contribution >= 0.6 is 0 Å². The standard InChI is InChI=1S/C44H86N2O4/c1-5-7-9-11-13-15-17-19-21-23-25-27-29-31-33-35-38-48-41-43(45-44(47)50-40-37-46(3)4)42-49-39-36-34-32-30-28-26-24-22-20-18-16-14-12-10-8-6-2/h19-22,43H,5-18,23-42H2,1-4H3,(H,45,47). The van der Waals surface area contributed by atoms with Crippen molar-refractivity contribution < 1.29 is 19.0 Å². The van der Waals surface area contributed by atoms with Crippen LogP contribution in [0.25, 0.3) is 0 Å². The molecule has 0 rings (SSSR count). The lowest BCUT2D eigenvalue weighted by Crippen LogP contribution is -2.42. The van der Waals surface area contributed by atoms with Gasteiger partial charge in [-0.15, -0.1) is 0 Å². The maximum absolute atomic E-state index is 12.3. The number of hydrogen-bond acceptors (Lipinski definition) is 5. The largest absolute Gasteiger partial charge is 0.448 e. The molecule has 6 heteroatoms. The quantitative estimate of drug-likeness (QED) is 0.0508. The molecule has 0 bridgehead atoms. The summed E-state index contributed by atoms with van der Waals surface area (Å²) in [5.74, 6) is 0. The number of nitrogens with one attached hydrogen (secondary N) is 1. The maximum atomic E-state index is 12.3. The first-order chi connectivity index (χ1) is 24.6. The highest BCUT2D eigenvalue weighted by Gasteiger charge is 2.14. The molecule has 0 aliphatic rings. The van der Waals surface area contributed by atoms with Gasteiger partial charge in [0.1, 0.15) is 6.61 Å². The molecule has 296 valence electrons. The number of rotatable bonds is 40. The molecule has 6 nitrogen and oxygen atoms in total. The Morgan fingerprint density at radius 2 is 0.840 bits per heavy atom. The van der Waals surface area contributed by atoms with Crippen molar-refractivity contribution in [3.8, 4) is 0 Å². The molecule has 0 atom stereocenters. The van der Waals surface area contributed by atoms with E-state index < -0.39 is 6.09 Å². The summed E-state index contributed by atoms with van der Waals surface area (Å²) in [6.45, 7) is 8.01. The molecule has 0 aromatic rings. The summed E-state index contributed by atoms with van der Waals surface area (Å²) in [4.78, 5) is 14.3. The van der Waals surface area contributed by atoms with Gasteiger partial charge in [0.2, 0.25) is 0 Å². The number of alkyl carbamates (subject to hydrolysis) is 1. The van der Waals surface area contributed by atoms with E-state index in [4.69, 9.17) is 14.2 Å². The second kappa shape index (κ2) is 42.0. The number of ether oxygens (including phenoxy) is 3. The highest BCUT2D eigenvalue weighted by atomic mass is 16.6. The summed E-state index contributed by atoms with van der Waals surface area (Å²) in [6, 6.07) is -0.190. The number of carbonyl (C=O) groups excluding carboxylic acids is 1. The fourth-order valence-corrected chi connectivity index (χ4v) is 6.02. The van der Waals surface area contributed by atoms with Gasteiger partial charge in [-0.25, -0.2) is 4.79 Å². The van der Waals surface area contributed by atoms with E-state index in [9.17, 15) is 4.79 Å². The molecule has 0 saturated carbocycles. The molecule has 0 aliphatic heterocycles. The summed E-state index contributed by atoms with van der Waals surface area (Å²) >= 11 is 0. The van der Waals surface area contributed by atoms with Crippen molar-refractivity contribution in [3.63, 3.8) is 0 Å². The van der Waals surface area contributed by atoms with Gasteiger partial charge in [-0.3, -0.25) is 0 Å². The fourth-order valence-electron chi connectivity index (χ4n) is 6.02. The first-order valence-corrected chi connectivity index (χ1v) is 21.6. The first kappa shape index (κ1) is 48.6. The number of likely N-dealkylation sites (N-methyl/N-ethyl adjacent to an activating group) is 1. The van der Waals surface area contributed by atoms with Crippen molar-refractivity contribution in [2.24, 2.45) is 0 Å². The van der Waals surface area contributed by atoms with Crippen molar-refractivity contribution in [2.45, 2.75) is 200 Å². The van der Waals surface area contributed by atoms with E-state index in [1.165, 1.54) is 167 Å². The van der Waals surface area contributed by atoms with Crippen LogP contribution in [0, 0.1) is 0 Å². The number of hydrogen-bond donors (Lipinski definition) is 1. The zero-order valence-corrected chi connectivity index (χ0v) is 34.0. The van der Waals surface area contributed by atoms with Gasteiger partial charge < -0.3 is 24.4 Å². The molecule has 0 saturated heterocycles. The van der Waals surface area contributed by atoms with Crippen LogP contribution in [0.15, 0.2) is 24.3 Å². The third-order valence-electron chi connectivity index (χ3n) is 9.33. The maximum Gasteiger partial charge on any atom is 0.407 e. The van der Waals surface area contributed by atoms with Gasteiger partial charge in [-0.05, 0) is 78.3 Å². The van der Waals surface area contributed by atoms with Crippen LogP contribution in [0.1, 0.15) is 194 Å². The first-order valence-electron chi connectivity index (χ1n) is 21.6. The molecule has 0 spiro atoms. The number of unbranched alkanes of at least 4 members (excludes halogenated alkanes) is 24. The second-order valence-corrected chi connectivity index (χ2v) is 14.8. The van der Waals surface area contributed by atoms with E-state index in [0.717, 1.165) is 26.1 Å². The summed E-state index contributed by atoms with van der Waals surface area (Å²) < 4.78 is 17.3. The lowest BCUT2D eigenvalue weighted by atomic mass is 10.1. The molecule has 1 amide bonds. The predicted molar refractivity (Wildman–Crippen MR) is 217 cm³/mol. The minimum atomic E-state index is -0.390. The monoisotopic (exact) mass is 707 g/mol. The van der Waals surface area contributed by atoms with E-state index >= 15 is 0 Å². The number of nitrogens with zero attached hydrogens (tertiary/aromatic N) is 1. The van der Waals surface area contributed by atoms with Crippen LogP contribution in [-0.2, 0) is 14.2 Å². The molecule has 0 fully saturated rings. The molecule has 50 heavy (non-hydrogen) atoms. The molecule has 0 aromatic heterocycles. The Morgan fingerprint density at radius 3 is 1.20 bits per heavy atom. The van der Waals surface area contributed by atoms with Gasteiger partial charge in [-0.1, -0.05) is 154 Å². The topological polar surface area (TPSA) is 60.0 Å². The average Bonchev–Trinajstić information content (AvgIpc) is 3.10.